The summed E-state index contributed by atoms with van der Waals surface area (Å²) in [4.78, 5) is 26.9. The summed E-state index contributed by atoms with van der Waals surface area (Å²) in [6.45, 7) is 4.73. The summed E-state index contributed by atoms with van der Waals surface area (Å²) in [5.74, 6) is -3.74. The van der Waals surface area contributed by atoms with E-state index in [0.29, 0.717) is 0 Å². The van der Waals surface area contributed by atoms with E-state index >= 15 is 0 Å². The van der Waals surface area contributed by atoms with Crippen molar-refractivity contribution in [1.29, 1.82) is 0 Å². The van der Waals surface area contributed by atoms with Crippen molar-refractivity contribution >= 4 is 27.5 Å². The maximum Gasteiger partial charge on any atom is 0.242 e. The van der Waals surface area contributed by atoms with E-state index in [1.807, 2.05) is 0 Å². The Morgan fingerprint density at radius 2 is 1.63 bits per heavy atom. The number of hydrogen-bond donors (Lipinski definition) is 1. The second kappa shape index (κ2) is 12.1. The van der Waals surface area contributed by atoms with Crippen LogP contribution >= 0.6 is 0 Å². The minimum absolute atomic E-state index is 0.0250. The van der Waals surface area contributed by atoms with E-state index in [2.05, 4.69) is 5.32 Å². The van der Waals surface area contributed by atoms with Crippen molar-refractivity contribution in [1.82, 2.24) is 10.2 Å². The van der Waals surface area contributed by atoms with Crippen LogP contribution < -0.4 is 9.62 Å². The Hall–Kier alpha value is -3.08. The summed E-state index contributed by atoms with van der Waals surface area (Å²) < 4.78 is 66.5. The highest BCUT2D eigenvalue weighted by molar-refractivity contribution is 7.92. The molecule has 0 radical (unpaired) electrons. The first kappa shape index (κ1) is 28.2. The van der Waals surface area contributed by atoms with Crippen LogP contribution in [0.5, 0.6) is 0 Å². The SMILES string of the molecule is CC(C)NC(=O)C(C)N(Cc1ccccc1F)C(=O)CCCN(c1ccc(F)c(F)c1)S(C)(=O)=O. The van der Waals surface area contributed by atoms with E-state index in [1.54, 1.807) is 19.9 Å². The first-order valence-electron chi connectivity index (χ1n) is 11.1. The van der Waals surface area contributed by atoms with Crippen LogP contribution in [0, 0.1) is 17.5 Å². The highest BCUT2D eigenvalue weighted by Crippen LogP contribution is 2.22. The molecule has 192 valence electrons. The second-order valence-corrected chi connectivity index (χ2v) is 10.4. The van der Waals surface area contributed by atoms with Crippen LogP contribution in [0.15, 0.2) is 42.5 Å². The van der Waals surface area contributed by atoms with Gasteiger partial charge in [-0.1, -0.05) is 18.2 Å². The molecule has 0 aliphatic rings. The minimum Gasteiger partial charge on any atom is -0.352 e. The molecule has 2 rings (SSSR count). The zero-order valence-corrected chi connectivity index (χ0v) is 20.9. The Labute approximate surface area is 204 Å². The number of rotatable bonds is 11. The van der Waals surface area contributed by atoms with Crippen LogP contribution in [0.3, 0.4) is 0 Å². The zero-order chi connectivity index (χ0) is 26.3. The number of carbonyl (C=O) groups is 2. The molecule has 2 amide bonds. The van der Waals surface area contributed by atoms with Gasteiger partial charge in [0, 0.05) is 37.2 Å². The van der Waals surface area contributed by atoms with Crippen molar-refractivity contribution < 1.29 is 31.2 Å². The first-order chi connectivity index (χ1) is 16.3. The van der Waals surface area contributed by atoms with Gasteiger partial charge in [0.25, 0.3) is 0 Å². The summed E-state index contributed by atoms with van der Waals surface area (Å²) >= 11 is 0. The summed E-state index contributed by atoms with van der Waals surface area (Å²) in [6.07, 6.45) is 0.777. The van der Waals surface area contributed by atoms with Gasteiger partial charge in [0.1, 0.15) is 11.9 Å². The number of anilines is 1. The molecule has 0 saturated carbocycles. The minimum atomic E-state index is -3.86. The van der Waals surface area contributed by atoms with Crippen LogP contribution in [0.25, 0.3) is 0 Å². The molecule has 2 aromatic rings. The third-order valence-electron chi connectivity index (χ3n) is 5.24. The van der Waals surface area contributed by atoms with Crippen LogP contribution in [-0.2, 0) is 26.2 Å². The normalized spacial score (nSPS) is 12.3. The van der Waals surface area contributed by atoms with Crippen LogP contribution in [0.1, 0.15) is 39.2 Å². The van der Waals surface area contributed by atoms with Crippen molar-refractivity contribution in [3.63, 3.8) is 0 Å². The van der Waals surface area contributed by atoms with Gasteiger partial charge in [-0.25, -0.2) is 21.6 Å². The van der Waals surface area contributed by atoms with E-state index in [9.17, 15) is 31.2 Å². The molecule has 0 aliphatic carbocycles. The highest BCUT2D eigenvalue weighted by atomic mass is 32.2. The Morgan fingerprint density at radius 1 is 0.971 bits per heavy atom. The molecule has 7 nitrogen and oxygen atoms in total. The standard InChI is InChI=1S/C24H30F3N3O4S/c1-16(2)28-24(32)17(3)29(15-18-8-5-6-9-20(18)25)23(31)10-7-13-30(35(4,33)34)19-11-12-21(26)22(27)14-19/h5-6,8-9,11-12,14,16-17H,7,10,13,15H2,1-4H3,(H,28,32). The average Bonchev–Trinajstić information content (AvgIpc) is 2.76. The van der Waals surface area contributed by atoms with Crippen LogP contribution in [0.4, 0.5) is 18.9 Å². The van der Waals surface area contributed by atoms with Crippen molar-refractivity contribution in [2.45, 2.75) is 52.2 Å². The molecule has 0 spiro atoms. The smallest absolute Gasteiger partial charge is 0.242 e. The van der Waals surface area contributed by atoms with Gasteiger partial charge in [-0.15, -0.1) is 0 Å². The number of amides is 2. The van der Waals surface area contributed by atoms with Gasteiger partial charge in [0.15, 0.2) is 11.6 Å². The van der Waals surface area contributed by atoms with Crippen LogP contribution in [-0.4, -0.2) is 50.0 Å². The second-order valence-electron chi connectivity index (χ2n) is 8.49. The lowest BCUT2D eigenvalue weighted by Crippen LogP contribution is -2.49. The lowest BCUT2D eigenvalue weighted by Gasteiger charge is -2.30. The fourth-order valence-electron chi connectivity index (χ4n) is 3.44. The van der Waals surface area contributed by atoms with Gasteiger partial charge >= 0.3 is 0 Å². The zero-order valence-electron chi connectivity index (χ0n) is 20.1. The number of nitrogens with one attached hydrogen (secondary N) is 1. The molecule has 1 N–H and O–H groups in total. The van der Waals surface area contributed by atoms with E-state index in [0.717, 1.165) is 28.8 Å². The Kier molecular flexibility index (Phi) is 9.70. The molecule has 0 heterocycles. The quantitative estimate of drug-likeness (QED) is 0.498. The summed E-state index contributed by atoms with van der Waals surface area (Å²) in [6, 6.07) is 7.52. The molecule has 2 aromatic carbocycles. The number of carbonyl (C=O) groups excluding carboxylic acids is 2. The lowest BCUT2D eigenvalue weighted by molar-refractivity contribution is -0.140. The highest BCUT2D eigenvalue weighted by Gasteiger charge is 2.27. The number of nitrogens with zero attached hydrogens (tertiary/aromatic N) is 2. The monoisotopic (exact) mass is 513 g/mol. The predicted octanol–water partition coefficient (Wildman–Crippen LogP) is 3.59. The van der Waals surface area contributed by atoms with E-state index < -0.39 is 45.3 Å². The summed E-state index contributed by atoms with van der Waals surface area (Å²) in [5, 5.41) is 2.72. The molecule has 35 heavy (non-hydrogen) atoms. The molecular formula is C24H30F3N3O4S. The van der Waals surface area contributed by atoms with E-state index in [4.69, 9.17) is 0 Å². The van der Waals surface area contributed by atoms with Crippen molar-refractivity contribution in [2.24, 2.45) is 0 Å². The molecule has 0 aliphatic heterocycles. The summed E-state index contributed by atoms with van der Waals surface area (Å²) in [5.41, 5.74) is 0.149. The van der Waals surface area contributed by atoms with Crippen LogP contribution in [0.2, 0.25) is 0 Å². The Morgan fingerprint density at radius 3 is 2.20 bits per heavy atom. The third-order valence-corrected chi connectivity index (χ3v) is 6.43. The van der Waals surface area contributed by atoms with Gasteiger partial charge in [0.2, 0.25) is 21.8 Å². The molecular weight excluding hydrogens is 483 g/mol. The van der Waals surface area contributed by atoms with Gasteiger partial charge in [-0.2, -0.15) is 0 Å². The molecule has 1 unspecified atom stereocenters. The number of benzene rings is 2. The van der Waals surface area contributed by atoms with Gasteiger partial charge in [-0.3, -0.25) is 13.9 Å². The molecule has 0 fully saturated rings. The average molecular weight is 514 g/mol. The van der Waals surface area contributed by atoms with E-state index in [1.165, 1.54) is 30.0 Å². The summed E-state index contributed by atoms with van der Waals surface area (Å²) in [7, 11) is -3.86. The fourth-order valence-corrected chi connectivity index (χ4v) is 4.40. The number of sulfonamides is 1. The maximum atomic E-state index is 14.3. The third kappa shape index (κ3) is 7.98. The molecule has 0 saturated heterocycles. The largest absolute Gasteiger partial charge is 0.352 e. The van der Waals surface area contributed by atoms with Crippen molar-refractivity contribution in [3.05, 3.63) is 65.5 Å². The van der Waals surface area contributed by atoms with Gasteiger partial charge in [0.05, 0.1) is 11.9 Å². The van der Waals surface area contributed by atoms with Gasteiger partial charge in [-0.05, 0) is 45.4 Å². The first-order valence-corrected chi connectivity index (χ1v) is 12.9. The number of hydrogen-bond acceptors (Lipinski definition) is 4. The fraction of sp³-hybridized carbons (Fsp3) is 0.417. The molecule has 0 aromatic heterocycles. The van der Waals surface area contributed by atoms with Crippen molar-refractivity contribution in [2.75, 3.05) is 17.1 Å². The molecule has 11 heteroatoms. The van der Waals surface area contributed by atoms with Gasteiger partial charge < -0.3 is 10.2 Å². The Balaban J connectivity index is 2.20. The molecule has 1 atom stereocenters. The lowest BCUT2D eigenvalue weighted by atomic mass is 10.1. The Bertz CT molecular complexity index is 1160. The van der Waals surface area contributed by atoms with Crippen molar-refractivity contribution in [3.8, 4) is 0 Å². The number of halogens is 3. The predicted molar refractivity (Wildman–Crippen MR) is 127 cm³/mol. The maximum absolute atomic E-state index is 14.3. The molecule has 0 bridgehead atoms. The topological polar surface area (TPSA) is 86.8 Å². The van der Waals surface area contributed by atoms with E-state index in [-0.39, 0.29) is 43.2 Å².